The highest BCUT2D eigenvalue weighted by Gasteiger charge is 2.18. The summed E-state index contributed by atoms with van der Waals surface area (Å²) in [6, 6.07) is 13.2. The van der Waals surface area contributed by atoms with Gasteiger partial charge in [-0.15, -0.1) is 11.3 Å². The first-order chi connectivity index (χ1) is 13.8. The van der Waals surface area contributed by atoms with Gasteiger partial charge in [0.1, 0.15) is 5.00 Å². The van der Waals surface area contributed by atoms with Gasteiger partial charge >= 0.3 is 5.97 Å². The summed E-state index contributed by atoms with van der Waals surface area (Å²) >= 11 is 6.96. The highest BCUT2D eigenvalue weighted by Crippen LogP contribution is 2.25. The number of sulfonamides is 1. The van der Waals surface area contributed by atoms with E-state index in [1.807, 2.05) is 0 Å². The zero-order chi connectivity index (χ0) is 21.0. The highest BCUT2D eigenvalue weighted by molar-refractivity contribution is 7.92. The van der Waals surface area contributed by atoms with E-state index in [9.17, 15) is 18.0 Å². The van der Waals surface area contributed by atoms with Crippen LogP contribution in [0.15, 0.2) is 64.9 Å². The lowest BCUT2D eigenvalue weighted by Gasteiger charge is -2.10. The van der Waals surface area contributed by atoms with Gasteiger partial charge in [0.2, 0.25) is 0 Å². The lowest BCUT2D eigenvalue weighted by molar-refractivity contribution is 0.0602. The van der Waals surface area contributed by atoms with Crippen molar-refractivity contribution >= 4 is 55.5 Å². The van der Waals surface area contributed by atoms with Gasteiger partial charge in [0.25, 0.3) is 15.9 Å². The van der Waals surface area contributed by atoms with Crippen LogP contribution in [0.5, 0.6) is 0 Å². The normalized spacial score (nSPS) is 11.0. The average Bonchev–Trinajstić information content (AvgIpc) is 3.15. The van der Waals surface area contributed by atoms with Gasteiger partial charge in [-0.2, -0.15) is 0 Å². The van der Waals surface area contributed by atoms with Crippen molar-refractivity contribution in [1.29, 1.82) is 0 Å². The number of amides is 1. The van der Waals surface area contributed by atoms with Crippen LogP contribution >= 0.6 is 22.9 Å². The van der Waals surface area contributed by atoms with E-state index in [2.05, 4.69) is 14.8 Å². The molecule has 0 aliphatic rings. The van der Waals surface area contributed by atoms with Crippen LogP contribution in [-0.4, -0.2) is 27.4 Å². The number of methoxy groups -OCH3 is 1. The third-order valence-corrected chi connectivity index (χ3v) is 6.28. The number of hydrogen-bond donors (Lipinski definition) is 2. The third-order valence-electron chi connectivity index (χ3n) is 3.80. The van der Waals surface area contributed by atoms with Gasteiger partial charge in [-0.25, -0.2) is 13.2 Å². The van der Waals surface area contributed by atoms with E-state index >= 15 is 0 Å². The standard InChI is InChI=1S/C19H15ClN2O5S2/c1-27-19(24)16-9-10-28-18(16)21-17(23)12-3-2-4-14(11-12)22-29(25,26)15-7-5-13(20)6-8-15/h2-11,22H,1H3,(H,21,23). The van der Waals surface area contributed by atoms with E-state index in [0.29, 0.717) is 10.0 Å². The Morgan fingerprint density at radius 1 is 1.07 bits per heavy atom. The molecule has 10 heteroatoms. The minimum atomic E-state index is -3.84. The summed E-state index contributed by atoms with van der Waals surface area (Å²) in [5.74, 6) is -1.06. The lowest BCUT2D eigenvalue weighted by atomic mass is 10.2. The van der Waals surface area contributed by atoms with Crippen LogP contribution in [0.25, 0.3) is 0 Å². The maximum Gasteiger partial charge on any atom is 0.340 e. The van der Waals surface area contributed by atoms with Crippen molar-refractivity contribution in [3.05, 3.63) is 76.1 Å². The quantitative estimate of drug-likeness (QED) is 0.547. The molecule has 0 aliphatic carbocycles. The molecule has 150 valence electrons. The van der Waals surface area contributed by atoms with E-state index in [1.54, 1.807) is 17.5 Å². The third kappa shape index (κ3) is 4.94. The molecule has 0 saturated heterocycles. The Balaban J connectivity index is 1.79. The molecule has 0 unspecified atom stereocenters. The minimum Gasteiger partial charge on any atom is -0.465 e. The molecule has 3 rings (SSSR count). The molecule has 2 N–H and O–H groups in total. The maximum absolute atomic E-state index is 12.6. The summed E-state index contributed by atoms with van der Waals surface area (Å²) in [4.78, 5) is 24.3. The van der Waals surface area contributed by atoms with E-state index in [1.165, 1.54) is 60.9 Å². The molecule has 3 aromatic rings. The number of hydrogen-bond acceptors (Lipinski definition) is 6. The van der Waals surface area contributed by atoms with Crippen molar-refractivity contribution in [3.63, 3.8) is 0 Å². The summed E-state index contributed by atoms with van der Waals surface area (Å²) in [6.07, 6.45) is 0. The Bertz CT molecular complexity index is 1160. The molecule has 29 heavy (non-hydrogen) atoms. The summed E-state index contributed by atoms with van der Waals surface area (Å²) < 4.78 is 32.1. The van der Waals surface area contributed by atoms with E-state index in [-0.39, 0.29) is 21.7 Å². The molecule has 0 fully saturated rings. The molecule has 1 heterocycles. The van der Waals surface area contributed by atoms with Crippen molar-refractivity contribution in [3.8, 4) is 0 Å². The second-order valence-electron chi connectivity index (χ2n) is 5.75. The summed E-state index contributed by atoms with van der Waals surface area (Å²) in [5, 5.41) is 5.05. The van der Waals surface area contributed by atoms with Crippen molar-refractivity contribution in [2.45, 2.75) is 4.90 Å². The van der Waals surface area contributed by atoms with Crippen molar-refractivity contribution in [1.82, 2.24) is 0 Å². The number of benzene rings is 2. The van der Waals surface area contributed by atoms with Gasteiger partial charge in [-0.05, 0) is 53.9 Å². The molecule has 0 radical (unpaired) electrons. The Kier molecular flexibility index (Phi) is 6.21. The zero-order valence-electron chi connectivity index (χ0n) is 15.0. The fourth-order valence-electron chi connectivity index (χ4n) is 2.40. The Morgan fingerprint density at radius 2 is 1.79 bits per heavy atom. The Morgan fingerprint density at radius 3 is 2.48 bits per heavy atom. The number of carbonyl (C=O) groups is 2. The topological polar surface area (TPSA) is 102 Å². The number of halogens is 1. The summed E-state index contributed by atoms with van der Waals surface area (Å²) in [6.45, 7) is 0. The van der Waals surface area contributed by atoms with Gasteiger partial charge in [-0.1, -0.05) is 17.7 Å². The summed E-state index contributed by atoms with van der Waals surface area (Å²) in [5.41, 5.74) is 0.669. The van der Waals surface area contributed by atoms with Crippen molar-refractivity contribution in [2.75, 3.05) is 17.1 Å². The smallest absolute Gasteiger partial charge is 0.340 e. The second-order valence-corrected chi connectivity index (χ2v) is 8.78. The predicted molar refractivity (Wildman–Crippen MR) is 112 cm³/mol. The molecule has 1 amide bonds. The molecule has 0 bridgehead atoms. The van der Waals surface area contributed by atoms with Crippen LogP contribution in [0.4, 0.5) is 10.7 Å². The van der Waals surface area contributed by atoms with Gasteiger partial charge < -0.3 is 10.1 Å². The van der Waals surface area contributed by atoms with E-state index < -0.39 is 21.9 Å². The minimum absolute atomic E-state index is 0.0399. The van der Waals surface area contributed by atoms with Gasteiger partial charge in [0.15, 0.2) is 0 Å². The fourth-order valence-corrected chi connectivity index (χ4v) is 4.35. The molecule has 0 spiro atoms. The van der Waals surface area contributed by atoms with E-state index in [0.717, 1.165) is 0 Å². The number of carbonyl (C=O) groups excluding carboxylic acids is 2. The second kappa shape index (κ2) is 8.64. The van der Waals surface area contributed by atoms with Crippen LogP contribution in [-0.2, 0) is 14.8 Å². The maximum atomic E-state index is 12.6. The Hall–Kier alpha value is -2.88. The molecule has 2 aromatic carbocycles. The van der Waals surface area contributed by atoms with Gasteiger partial charge in [0, 0.05) is 16.3 Å². The number of anilines is 2. The molecular formula is C19H15ClN2O5S2. The number of nitrogens with one attached hydrogen (secondary N) is 2. The van der Waals surface area contributed by atoms with Crippen LogP contribution in [0, 0.1) is 0 Å². The van der Waals surface area contributed by atoms with Gasteiger partial charge in [0.05, 0.1) is 17.6 Å². The number of esters is 1. The predicted octanol–water partition coefficient (Wildman–Crippen LogP) is 4.24. The first-order valence-corrected chi connectivity index (χ1v) is 10.9. The van der Waals surface area contributed by atoms with Crippen molar-refractivity contribution < 1.29 is 22.7 Å². The number of rotatable bonds is 6. The van der Waals surface area contributed by atoms with Gasteiger partial charge in [-0.3, -0.25) is 9.52 Å². The fraction of sp³-hybridized carbons (Fsp3) is 0.0526. The first kappa shape index (κ1) is 20.8. The average molecular weight is 451 g/mol. The Labute approximate surface area is 176 Å². The number of thiophene rings is 1. The number of ether oxygens (including phenoxy) is 1. The highest BCUT2D eigenvalue weighted by atomic mass is 35.5. The first-order valence-electron chi connectivity index (χ1n) is 8.16. The van der Waals surface area contributed by atoms with Crippen LogP contribution in [0.1, 0.15) is 20.7 Å². The summed E-state index contributed by atoms with van der Waals surface area (Å²) in [7, 11) is -2.59. The molecule has 0 atom stereocenters. The van der Waals surface area contributed by atoms with E-state index in [4.69, 9.17) is 11.6 Å². The molecule has 1 aromatic heterocycles. The lowest BCUT2D eigenvalue weighted by Crippen LogP contribution is -2.16. The monoisotopic (exact) mass is 450 g/mol. The molecule has 0 aliphatic heterocycles. The molecule has 7 nitrogen and oxygen atoms in total. The zero-order valence-corrected chi connectivity index (χ0v) is 17.4. The van der Waals surface area contributed by atoms with Crippen molar-refractivity contribution in [2.24, 2.45) is 0 Å². The largest absolute Gasteiger partial charge is 0.465 e. The van der Waals surface area contributed by atoms with Crippen LogP contribution in [0.3, 0.4) is 0 Å². The van der Waals surface area contributed by atoms with Crippen LogP contribution < -0.4 is 10.0 Å². The molecular weight excluding hydrogens is 436 g/mol. The molecule has 0 saturated carbocycles. The van der Waals surface area contributed by atoms with Crippen LogP contribution in [0.2, 0.25) is 5.02 Å². The SMILES string of the molecule is COC(=O)c1ccsc1NC(=O)c1cccc(NS(=O)(=O)c2ccc(Cl)cc2)c1.